The monoisotopic (exact) mass is 473 g/mol. The third-order valence-electron chi connectivity index (χ3n) is 5.87. The summed E-state index contributed by atoms with van der Waals surface area (Å²) in [6, 6.07) is 14.0. The average molecular weight is 473 g/mol. The molecule has 0 unspecified atom stereocenters. The van der Waals surface area contributed by atoms with Crippen molar-refractivity contribution in [2.75, 3.05) is 20.3 Å². The van der Waals surface area contributed by atoms with Gasteiger partial charge in [-0.05, 0) is 43.2 Å². The molecule has 0 spiro atoms. The quantitative estimate of drug-likeness (QED) is 0.192. The molecular formula is C26H23N3O6. The number of nitrogens with zero attached hydrogens (tertiary/aromatic N) is 3. The number of hydrogen-bond donors (Lipinski definition) is 0. The third-order valence-corrected chi connectivity index (χ3v) is 5.87. The summed E-state index contributed by atoms with van der Waals surface area (Å²) in [4.78, 5) is 43.5. The van der Waals surface area contributed by atoms with Gasteiger partial charge in [-0.2, -0.15) is 0 Å². The van der Waals surface area contributed by atoms with E-state index in [2.05, 4.69) is 4.98 Å². The van der Waals surface area contributed by atoms with Gasteiger partial charge in [0.2, 0.25) is 5.78 Å². The molecule has 0 atom stereocenters. The summed E-state index contributed by atoms with van der Waals surface area (Å²) in [5.41, 5.74) is 2.16. The zero-order valence-corrected chi connectivity index (χ0v) is 19.3. The summed E-state index contributed by atoms with van der Waals surface area (Å²) in [5, 5.41) is 1.08. The zero-order chi connectivity index (χ0) is 24.5. The zero-order valence-electron chi connectivity index (χ0n) is 19.3. The SMILES string of the molecule is COCCCn1c(C(=O)OCC(=O)c2cc3ccccc3o2)cc2c(=O)n3cccc(C)c3nc21. The van der Waals surface area contributed by atoms with E-state index in [1.807, 2.05) is 31.2 Å². The summed E-state index contributed by atoms with van der Waals surface area (Å²) >= 11 is 0. The Morgan fingerprint density at radius 3 is 2.71 bits per heavy atom. The number of ketones is 1. The number of carbonyl (C=O) groups excluding carboxylic acids is 2. The highest BCUT2D eigenvalue weighted by molar-refractivity contribution is 6.01. The van der Waals surface area contributed by atoms with Crippen molar-refractivity contribution in [3.8, 4) is 0 Å². The Labute approximate surface area is 199 Å². The number of pyridine rings is 1. The standard InChI is InChI=1S/C26H23N3O6/c1-16-7-5-10-29-23(16)27-24-18(25(29)31)14-19(28(24)11-6-12-33-2)26(32)34-15-20(30)22-13-17-8-3-4-9-21(17)35-22/h3-5,7-10,13-14H,6,11-12,15H2,1-2H3. The Kier molecular flexibility index (Phi) is 5.92. The Balaban J connectivity index is 1.48. The molecule has 0 saturated heterocycles. The Morgan fingerprint density at radius 2 is 1.91 bits per heavy atom. The molecule has 0 aliphatic carbocycles. The van der Waals surface area contributed by atoms with E-state index in [4.69, 9.17) is 13.9 Å². The van der Waals surface area contributed by atoms with Crippen molar-refractivity contribution in [1.82, 2.24) is 14.0 Å². The molecule has 0 saturated carbocycles. The molecule has 0 radical (unpaired) electrons. The van der Waals surface area contributed by atoms with Crippen molar-refractivity contribution in [2.24, 2.45) is 0 Å². The maximum atomic E-state index is 13.2. The van der Waals surface area contributed by atoms with E-state index in [0.29, 0.717) is 41.8 Å². The van der Waals surface area contributed by atoms with Gasteiger partial charge in [0.05, 0.1) is 5.39 Å². The highest BCUT2D eigenvalue weighted by atomic mass is 16.5. The summed E-state index contributed by atoms with van der Waals surface area (Å²) in [5.74, 6) is -1.08. The van der Waals surface area contributed by atoms with Crippen LogP contribution in [0.5, 0.6) is 0 Å². The van der Waals surface area contributed by atoms with Crippen LogP contribution in [-0.2, 0) is 16.0 Å². The first-order chi connectivity index (χ1) is 17.0. The lowest BCUT2D eigenvalue weighted by atomic mass is 10.2. The fourth-order valence-corrected chi connectivity index (χ4v) is 4.12. The van der Waals surface area contributed by atoms with Crippen molar-refractivity contribution >= 4 is 39.4 Å². The normalized spacial score (nSPS) is 11.5. The van der Waals surface area contributed by atoms with E-state index in [0.717, 1.165) is 10.9 Å². The van der Waals surface area contributed by atoms with Gasteiger partial charge in [0.25, 0.3) is 5.56 Å². The third kappa shape index (κ3) is 4.10. The number of carbonyl (C=O) groups is 2. The number of para-hydroxylation sites is 1. The Morgan fingerprint density at radius 1 is 1.09 bits per heavy atom. The number of fused-ring (bicyclic) bond motifs is 3. The molecule has 9 nitrogen and oxygen atoms in total. The highest BCUT2D eigenvalue weighted by Crippen LogP contribution is 2.21. The molecular weight excluding hydrogens is 450 g/mol. The maximum absolute atomic E-state index is 13.2. The lowest BCUT2D eigenvalue weighted by molar-refractivity contribution is 0.0457. The van der Waals surface area contributed by atoms with Crippen molar-refractivity contribution in [1.29, 1.82) is 0 Å². The Bertz CT molecular complexity index is 1610. The molecule has 4 aromatic heterocycles. The van der Waals surface area contributed by atoms with Crippen molar-refractivity contribution in [3.05, 3.63) is 82.1 Å². The van der Waals surface area contributed by atoms with Crippen molar-refractivity contribution in [2.45, 2.75) is 19.9 Å². The van der Waals surface area contributed by atoms with E-state index < -0.39 is 18.4 Å². The van der Waals surface area contributed by atoms with Crippen LogP contribution >= 0.6 is 0 Å². The number of benzene rings is 1. The van der Waals surface area contributed by atoms with Gasteiger partial charge in [-0.3, -0.25) is 14.0 Å². The van der Waals surface area contributed by atoms with Gasteiger partial charge in [-0.15, -0.1) is 0 Å². The number of aromatic nitrogens is 3. The molecule has 0 bridgehead atoms. The first-order valence-electron chi connectivity index (χ1n) is 11.2. The second kappa shape index (κ2) is 9.19. The first-order valence-corrected chi connectivity index (χ1v) is 11.2. The van der Waals surface area contributed by atoms with Crippen LogP contribution in [0.3, 0.4) is 0 Å². The van der Waals surface area contributed by atoms with Crippen LogP contribution in [0.25, 0.3) is 27.6 Å². The van der Waals surface area contributed by atoms with Crippen molar-refractivity contribution < 1.29 is 23.5 Å². The summed E-state index contributed by atoms with van der Waals surface area (Å²) in [6.07, 6.45) is 2.23. The van der Waals surface area contributed by atoms with Gasteiger partial charge in [-0.1, -0.05) is 24.3 Å². The molecule has 35 heavy (non-hydrogen) atoms. The maximum Gasteiger partial charge on any atom is 0.355 e. The fourth-order valence-electron chi connectivity index (χ4n) is 4.12. The van der Waals surface area contributed by atoms with Crippen LogP contribution in [0.1, 0.15) is 33.0 Å². The molecule has 9 heteroatoms. The molecule has 5 rings (SSSR count). The largest absolute Gasteiger partial charge is 0.453 e. The van der Waals surface area contributed by atoms with Gasteiger partial charge >= 0.3 is 5.97 Å². The highest BCUT2D eigenvalue weighted by Gasteiger charge is 2.23. The Hall–Kier alpha value is -4.24. The molecule has 178 valence electrons. The molecule has 0 aliphatic rings. The second-order valence-electron chi connectivity index (χ2n) is 8.21. The van der Waals surface area contributed by atoms with Gasteiger partial charge in [-0.25, -0.2) is 9.78 Å². The van der Waals surface area contributed by atoms with E-state index in [-0.39, 0.29) is 17.0 Å². The molecule has 1 aromatic carbocycles. The number of Topliss-reactive ketones (excluding diaryl/α,β-unsaturated/α-hetero) is 1. The molecule has 0 N–H and O–H groups in total. The van der Waals surface area contributed by atoms with Crippen molar-refractivity contribution in [3.63, 3.8) is 0 Å². The van der Waals surface area contributed by atoms with Crippen LogP contribution in [0, 0.1) is 6.92 Å². The van der Waals surface area contributed by atoms with Crippen LogP contribution in [0.15, 0.2) is 63.9 Å². The first kappa shape index (κ1) is 22.5. The molecule has 0 fully saturated rings. The summed E-state index contributed by atoms with van der Waals surface area (Å²) in [7, 11) is 1.59. The van der Waals surface area contributed by atoms with Crippen LogP contribution in [-0.4, -0.2) is 46.0 Å². The lowest BCUT2D eigenvalue weighted by Crippen LogP contribution is -2.18. The smallest absolute Gasteiger partial charge is 0.355 e. The number of methoxy groups -OCH3 is 1. The van der Waals surface area contributed by atoms with E-state index >= 15 is 0 Å². The topological polar surface area (TPSA) is 105 Å². The van der Waals surface area contributed by atoms with Crippen LogP contribution in [0.2, 0.25) is 0 Å². The minimum atomic E-state index is -0.727. The van der Waals surface area contributed by atoms with E-state index in [9.17, 15) is 14.4 Å². The average Bonchev–Trinajstić information content (AvgIpc) is 3.46. The summed E-state index contributed by atoms with van der Waals surface area (Å²) in [6.45, 7) is 2.22. The minimum absolute atomic E-state index is 0.112. The van der Waals surface area contributed by atoms with Gasteiger partial charge in [0.1, 0.15) is 22.6 Å². The van der Waals surface area contributed by atoms with Gasteiger partial charge in [0.15, 0.2) is 12.4 Å². The minimum Gasteiger partial charge on any atom is -0.453 e. The van der Waals surface area contributed by atoms with Crippen LogP contribution in [0.4, 0.5) is 0 Å². The van der Waals surface area contributed by atoms with Gasteiger partial charge in [0, 0.05) is 31.8 Å². The molecule has 5 aromatic rings. The number of rotatable bonds is 8. The van der Waals surface area contributed by atoms with E-state index in [1.165, 1.54) is 10.5 Å². The predicted octanol–water partition coefficient (Wildman–Crippen LogP) is 3.78. The number of ether oxygens (including phenoxy) is 2. The predicted molar refractivity (Wildman–Crippen MR) is 129 cm³/mol. The van der Waals surface area contributed by atoms with Gasteiger partial charge < -0.3 is 18.5 Å². The van der Waals surface area contributed by atoms with Crippen LogP contribution < -0.4 is 5.56 Å². The number of hydrogen-bond acceptors (Lipinski definition) is 7. The number of aryl methyl sites for hydroxylation is 2. The number of furan rings is 1. The fraction of sp³-hybridized carbons (Fsp3) is 0.231. The second-order valence-corrected chi connectivity index (χ2v) is 8.21. The summed E-state index contributed by atoms with van der Waals surface area (Å²) < 4.78 is 19.2. The lowest BCUT2D eigenvalue weighted by Gasteiger charge is -2.10. The molecule has 4 heterocycles. The molecule has 0 aliphatic heterocycles. The molecule has 0 amide bonds. The van der Waals surface area contributed by atoms with E-state index in [1.54, 1.807) is 36.1 Å². The number of esters is 1.